The molecule has 5 aromatic heterocycles. The van der Waals surface area contributed by atoms with Crippen molar-refractivity contribution in [2.75, 3.05) is 0 Å². The van der Waals surface area contributed by atoms with Gasteiger partial charge in [-0.05, 0) is 142 Å². The normalized spacial score (nSPS) is 11.6. The summed E-state index contributed by atoms with van der Waals surface area (Å²) < 4.78 is 7.22. The van der Waals surface area contributed by atoms with Gasteiger partial charge in [0, 0.05) is 93.9 Å². The number of rotatable bonds is 13. The Hall–Kier alpha value is -14.0. The molecule has 0 radical (unpaired) electrons. The van der Waals surface area contributed by atoms with E-state index in [0.29, 0.717) is 0 Å². The van der Waals surface area contributed by atoms with E-state index in [-0.39, 0.29) is 0 Å². The van der Waals surface area contributed by atoms with E-state index >= 15 is 0 Å². The molecule has 0 aliphatic rings. The average molecular weight is 1340 g/mol. The second kappa shape index (κ2) is 25.6. The number of hydrogen-bond acceptors (Lipinski definition) is 2. The Morgan fingerprint density at radius 2 is 0.467 bits per heavy atom. The van der Waals surface area contributed by atoms with Gasteiger partial charge < -0.3 is 13.7 Å². The first kappa shape index (κ1) is 60.9. The van der Waals surface area contributed by atoms with Crippen LogP contribution < -0.4 is 0 Å². The molecule has 0 aliphatic carbocycles. The highest BCUT2D eigenvalue weighted by Gasteiger charge is 2.29. The quantitative estimate of drug-likeness (QED) is 0.115. The molecule has 0 spiro atoms. The largest absolute Gasteiger partial charge is 0.309 e. The van der Waals surface area contributed by atoms with Gasteiger partial charge in [0.1, 0.15) is 0 Å². The van der Waals surface area contributed by atoms with Crippen LogP contribution in [0.1, 0.15) is 0 Å². The number of aromatic nitrogens is 5. The lowest BCUT2D eigenvalue weighted by Crippen LogP contribution is -2.03. The molecule has 15 aromatic carbocycles. The Bertz CT molecular complexity index is 6370. The van der Waals surface area contributed by atoms with Crippen molar-refractivity contribution >= 4 is 65.4 Å². The zero-order chi connectivity index (χ0) is 69.3. The van der Waals surface area contributed by atoms with Crippen LogP contribution in [-0.2, 0) is 0 Å². The van der Waals surface area contributed by atoms with Crippen molar-refractivity contribution in [2.45, 2.75) is 0 Å². The summed E-state index contributed by atoms with van der Waals surface area (Å²) in [4.78, 5) is 11.6. The molecule has 0 amide bonds. The summed E-state index contributed by atoms with van der Waals surface area (Å²) in [6, 6.07) is 143. The molecule has 0 bridgehead atoms. The van der Waals surface area contributed by atoms with Crippen molar-refractivity contribution in [1.29, 1.82) is 0 Å². The van der Waals surface area contributed by atoms with Gasteiger partial charge in [-0.1, -0.05) is 297 Å². The minimum absolute atomic E-state index is 0.877. The van der Waals surface area contributed by atoms with E-state index < -0.39 is 0 Å². The van der Waals surface area contributed by atoms with Crippen LogP contribution >= 0.6 is 0 Å². The highest BCUT2D eigenvalue weighted by molar-refractivity contribution is 6.14. The molecule has 0 fully saturated rings. The van der Waals surface area contributed by atoms with Gasteiger partial charge in [0.05, 0.1) is 55.9 Å². The maximum absolute atomic E-state index is 6.01. The maximum Gasteiger partial charge on any atom is 0.0794 e. The lowest BCUT2D eigenvalue weighted by Gasteiger charge is -2.25. The predicted molar refractivity (Wildman–Crippen MR) is 439 cm³/mol. The van der Waals surface area contributed by atoms with E-state index in [1.807, 2.05) is 0 Å². The number of nitrogens with zero attached hydrogens (tertiary/aromatic N) is 5. The van der Waals surface area contributed by atoms with Crippen LogP contribution in [0.3, 0.4) is 0 Å². The van der Waals surface area contributed by atoms with Gasteiger partial charge in [-0.25, -0.2) is 9.97 Å². The predicted octanol–water partition coefficient (Wildman–Crippen LogP) is 26.4. The second-order valence-corrected chi connectivity index (χ2v) is 27.1. The number of benzene rings is 15. The van der Waals surface area contributed by atoms with Gasteiger partial charge in [-0.2, -0.15) is 0 Å². The molecular formula is C100H65N5. The fraction of sp³-hybridized carbons (Fsp3) is 0. The van der Waals surface area contributed by atoms with Gasteiger partial charge in [-0.15, -0.1) is 0 Å². The molecule has 0 saturated heterocycles. The van der Waals surface area contributed by atoms with Crippen LogP contribution in [0, 0.1) is 0 Å². The van der Waals surface area contributed by atoms with E-state index in [1.54, 1.807) is 0 Å². The van der Waals surface area contributed by atoms with Crippen LogP contribution in [0.25, 0.3) is 194 Å². The molecule has 20 aromatic rings. The number of pyridine rings is 2. The lowest BCUT2D eigenvalue weighted by atomic mass is 9.80. The molecule has 5 heterocycles. The van der Waals surface area contributed by atoms with Crippen LogP contribution in [0.5, 0.6) is 0 Å². The lowest BCUT2D eigenvalue weighted by molar-refractivity contribution is 1.18. The summed E-state index contributed by atoms with van der Waals surface area (Å²) in [5, 5.41) is 7.34. The molecule has 0 N–H and O–H groups in total. The monoisotopic (exact) mass is 1340 g/mol. The zero-order valence-corrected chi connectivity index (χ0v) is 57.3. The summed E-state index contributed by atoms with van der Waals surface area (Å²) in [6.07, 6.45) is 0. The van der Waals surface area contributed by atoms with Crippen molar-refractivity contribution in [3.63, 3.8) is 0 Å². The summed E-state index contributed by atoms with van der Waals surface area (Å²) in [5.41, 5.74) is 31.1. The van der Waals surface area contributed by atoms with E-state index in [2.05, 4.69) is 408 Å². The maximum atomic E-state index is 6.01. The van der Waals surface area contributed by atoms with Crippen molar-refractivity contribution in [3.8, 4) is 129 Å². The summed E-state index contributed by atoms with van der Waals surface area (Å²) >= 11 is 0. The molecule has 5 heteroatoms. The minimum atomic E-state index is 0.877. The first-order valence-corrected chi connectivity index (χ1v) is 35.9. The Labute approximate surface area is 608 Å². The third-order valence-electron chi connectivity index (χ3n) is 21.1. The van der Waals surface area contributed by atoms with Crippen molar-refractivity contribution in [2.24, 2.45) is 0 Å². The molecular weight excluding hydrogens is 1270 g/mol. The number of fused-ring (bicyclic) bond motifs is 9. The van der Waals surface area contributed by atoms with Gasteiger partial charge in [0.15, 0.2) is 0 Å². The minimum Gasteiger partial charge on any atom is -0.309 e. The molecule has 0 atom stereocenters. The highest BCUT2D eigenvalue weighted by atomic mass is 15.0. The number of para-hydroxylation sites is 4. The molecule has 105 heavy (non-hydrogen) atoms. The van der Waals surface area contributed by atoms with Gasteiger partial charge >= 0.3 is 0 Å². The van der Waals surface area contributed by atoms with Gasteiger partial charge in [0.2, 0.25) is 0 Å². The first-order chi connectivity index (χ1) is 52.1. The summed E-state index contributed by atoms with van der Waals surface area (Å²) in [7, 11) is 0. The summed E-state index contributed by atoms with van der Waals surface area (Å²) in [6.45, 7) is 0. The molecule has 5 nitrogen and oxygen atoms in total. The number of hydrogen-bond donors (Lipinski definition) is 0. The molecule has 0 saturated carbocycles. The standard InChI is InChI=1S/C100H65N5/c1-6-26-68(27-7-1)88-61-60-85(98(101-88)71-32-12-4-13-33-71)79-36-16-17-41-84(79)97-95(69-28-8-2-9-29-69)99(72-34-14-5-15-35-72)102-100(96(97)70-30-10-3-11-31-70)73-50-58-78(59-51-73)105-93-62-52-74(66-46-54-76(55-47-66)103-89-42-22-18-37-80(89)81-38-19-23-43-90(81)103)64-86(93)87-65-75(53-63-94(87)105)67-48-56-77(57-49-67)104-91-44-24-20-39-82(91)83-40-21-25-45-92(83)104/h1-65H. The smallest absolute Gasteiger partial charge is 0.0794 e. The van der Waals surface area contributed by atoms with Crippen molar-refractivity contribution in [3.05, 3.63) is 394 Å². The SMILES string of the molecule is c1ccc(-c2ccc(-c3ccccc3-c3c(-c4ccccc4)c(-c4ccccc4)nc(-c4ccc(-n5c6ccc(-c7ccc(-n8c9ccccc9c9ccccc98)cc7)cc6c6cc(-c7ccc(-n8c9ccccc9c9ccccc98)cc7)ccc65)cc4)c3-c3ccccc3)c(-c3ccccc3)n2)cc1. The molecule has 0 aliphatic heterocycles. The Morgan fingerprint density at radius 1 is 0.162 bits per heavy atom. The van der Waals surface area contributed by atoms with Crippen LogP contribution in [0.15, 0.2) is 394 Å². The fourth-order valence-corrected chi connectivity index (χ4v) is 16.3. The molecule has 0 unspecified atom stereocenters. The van der Waals surface area contributed by atoms with E-state index in [4.69, 9.17) is 9.97 Å². The van der Waals surface area contributed by atoms with Gasteiger partial charge in [0.25, 0.3) is 0 Å². The Balaban J connectivity index is 0.769. The highest BCUT2D eigenvalue weighted by Crippen LogP contribution is 2.52. The van der Waals surface area contributed by atoms with Crippen LogP contribution in [-0.4, -0.2) is 23.7 Å². The first-order valence-electron chi connectivity index (χ1n) is 35.9. The topological polar surface area (TPSA) is 40.6 Å². The Kier molecular flexibility index (Phi) is 14.8. The zero-order valence-electron chi connectivity index (χ0n) is 57.3. The van der Waals surface area contributed by atoms with Crippen LogP contribution in [0.4, 0.5) is 0 Å². The van der Waals surface area contributed by atoms with Crippen LogP contribution in [0.2, 0.25) is 0 Å². The fourth-order valence-electron chi connectivity index (χ4n) is 16.3. The van der Waals surface area contributed by atoms with E-state index in [9.17, 15) is 0 Å². The third-order valence-corrected chi connectivity index (χ3v) is 21.1. The Morgan fingerprint density at radius 3 is 0.876 bits per heavy atom. The van der Waals surface area contributed by atoms with E-state index in [1.165, 1.54) is 54.4 Å². The molecule has 490 valence electrons. The molecule has 20 rings (SSSR count). The van der Waals surface area contributed by atoms with Crippen molar-refractivity contribution in [1.82, 2.24) is 23.7 Å². The summed E-state index contributed by atoms with van der Waals surface area (Å²) in [5.74, 6) is 0. The van der Waals surface area contributed by atoms with Crippen molar-refractivity contribution < 1.29 is 0 Å². The van der Waals surface area contributed by atoms with Gasteiger partial charge in [-0.3, -0.25) is 0 Å². The van der Waals surface area contributed by atoms with E-state index in [0.717, 1.165) is 140 Å². The average Bonchev–Trinajstić information content (AvgIpc) is 1.70. The second-order valence-electron chi connectivity index (χ2n) is 27.1. The third kappa shape index (κ3) is 10.5.